The smallest absolute Gasteiger partial charge is 0.0479 e. The maximum absolute atomic E-state index is 6.56. The van der Waals surface area contributed by atoms with Crippen LogP contribution in [0.2, 0.25) is 0 Å². The zero-order valence-corrected chi connectivity index (χ0v) is 12.2. The quantitative estimate of drug-likeness (QED) is 0.887. The molecule has 0 bridgehead atoms. The number of nitrogens with two attached hydrogens (primary N) is 1. The molecule has 0 radical (unpaired) electrons. The number of aryl methyl sites for hydroxylation is 2. The van der Waals surface area contributed by atoms with Gasteiger partial charge in [0.1, 0.15) is 0 Å². The molecule has 1 saturated heterocycles. The second kappa shape index (κ2) is 5.02. The van der Waals surface area contributed by atoms with E-state index in [9.17, 15) is 0 Å². The average molecular weight is 246 g/mol. The predicted molar refractivity (Wildman–Crippen MR) is 77.7 cm³/mol. The predicted octanol–water partition coefficient (Wildman–Crippen LogP) is 3.18. The zero-order valence-electron chi connectivity index (χ0n) is 12.2. The second-order valence-corrected chi connectivity index (χ2v) is 6.19. The molecule has 0 aromatic heterocycles. The topological polar surface area (TPSA) is 29.3 Å². The van der Waals surface area contributed by atoms with Gasteiger partial charge in [0, 0.05) is 11.6 Å². The van der Waals surface area contributed by atoms with Gasteiger partial charge in [-0.2, -0.15) is 0 Å². The SMILES string of the molecule is Cc1ccc(C(N)C(C)(C)N2CCCC2)c(C)c1. The minimum absolute atomic E-state index is 0.0382. The minimum Gasteiger partial charge on any atom is -0.322 e. The minimum atomic E-state index is 0.0382. The zero-order chi connectivity index (χ0) is 13.3. The third-order valence-corrected chi connectivity index (χ3v) is 4.44. The molecule has 1 aromatic carbocycles. The van der Waals surface area contributed by atoms with Crippen LogP contribution in [0.4, 0.5) is 0 Å². The van der Waals surface area contributed by atoms with Crippen LogP contribution in [0.5, 0.6) is 0 Å². The van der Waals surface area contributed by atoms with E-state index in [1.54, 1.807) is 0 Å². The number of likely N-dealkylation sites (tertiary alicyclic amines) is 1. The normalized spacial score (nSPS) is 19.2. The van der Waals surface area contributed by atoms with Crippen LogP contribution >= 0.6 is 0 Å². The van der Waals surface area contributed by atoms with Crippen molar-refractivity contribution in [3.63, 3.8) is 0 Å². The van der Waals surface area contributed by atoms with Gasteiger partial charge in [0.15, 0.2) is 0 Å². The van der Waals surface area contributed by atoms with Gasteiger partial charge >= 0.3 is 0 Å². The van der Waals surface area contributed by atoms with Crippen LogP contribution in [-0.2, 0) is 0 Å². The van der Waals surface area contributed by atoms with Crippen LogP contribution in [-0.4, -0.2) is 23.5 Å². The van der Waals surface area contributed by atoms with Crippen LogP contribution in [0.15, 0.2) is 18.2 Å². The summed E-state index contributed by atoms with van der Waals surface area (Å²) in [6, 6.07) is 6.68. The molecule has 1 aromatic rings. The van der Waals surface area contributed by atoms with Gasteiger partial charge < -0.3 is 5.73 Å². The van der Waals surface area contributed by atoms with Crippen molar-refractivity contribution in [2.45, 2.75) is 52.1 Å². The Labute approximate surface area is 111 Å². The van der Waals surface area contributed by atoms with Crippen LogP contribution < -0.4 is 5.73 Å². The molecular formula is C16H26N2. The Hall–Kier alpha value is -0.860. The van der Waals surface area contributed by atoms with Crippen LogP contribution in [0, 0.1) is 13.8 Å². The summed E-state index contributed by atoms with van der Waals surface area (Å²) in [6.45, 7) is 11.2. The molecule has 1 aliphatic heterocycles. The fraction of sp³-hybridized carbons (Fsp3) is 0.625. The van der Waals surface area contributed by atoms with Crippen molar-refractivity contribution in [1.29, 1.82) is 0 Å². The number of hydrogen-bond donors (Lipinski definition) is 1. The van der Waals surface area contributed by atoms with Crippen molar-refractivity contribution in [2.24, 2.45) is 5.73 Å². The van der Waals surface area contributed by atoms with E-state index in [1.807, 2.05) is 0 Å². The lowest BCUT2D eigenvalue weighted by atomic mass is 9.85. The summed E-state index contributed by atoms with van der Waals surface area (Å²) >= 11 is 0. The van der Waals surface area contributed by atoms with E-state index in [0.29, 0.717) is 0 Å². The van der Waals surface area contributed by atoms with E-state index in [-0.39, 0.29) is 11.6 Å². The van der Waals surface area contributed by atoms with E-state index in [4.69, 9.17) is 5.73 Å². The molecule has 0 aliphatic carbocycles. The first kappa shape index (κ1) is 13.6. The molecule has 1 heterocycles. The maximum Gasteiger partial charge on any atom is 0.0479 e. The van der Waals surface area contributed by atoms with E-state index in [0.717, 1.165) is 0 Å². The maximum atomic E-state index is 6.56. The highest BCUT2D eigenvalue weighted by Gasteiger charge is 2.35. The van der Waals surface area contributed by atoms with Crippen LogP contribution in [0.25, 0.3) is 0 Å². The fourth-order valence-corrected chi connectivity index (χ4v) is 3.05. The lowest BCUT2D eigenvalue weighted by molar-refractivity contribution is 0.124. The van der Waals surface area contributed by atoms with E-state index in [1.165, 1.54) is 42.6 Å². The second-order valence-electron chi connectivity index (χ2n) is 6.19. The number of hydrogen-bond acceptors (Lipinski definition) is 2. The number of rotatable bonds is 3. The molecule has 2 nitrogen and oxygen atoms in total. The Balaban J connectivity index is 2.26. The molecule has 2 N–H and O–H groups in total. The van der Waals surface area contributed by atoms with Crippen LogP contribution in [0.3, 0.4) is 0 Å². The van der Waals surface area contributed by atoms with Gasteiger partial charge in [-0.3, -0.25) is 4.90 Å². The fourth-order valence-electron chi connectivity index (χ4n) is 3.05. The molecule has 0 spiro atoms. The molecule has 0 amide bonds. The van der Waals surface area contributed by atoms with Gasteiger partial charge in [-0.1, -0.05) is 23.8 Å². The first-order chi connectivity index (χ1) is 8.43. The van der Waals surface area contributed by atoms with E-state index < -0.39 is 0 Å². The summed E-state index contributed by atoms with van der Waals surface area (Å²) in [4.78, 5) is 2.54. The van der Waals surface area contributed by atoms with Gasteiger partial charge in [0.25, 0.3) is 0 Å². The van der Waals surface area contributed by atoms with Gasteiger partial charge in [-0.25, -0.2) is 0 Å². The monoisotopic (exact) mass is 246 g/mol. The Bertz CT molecular complexity index is 417. The third-order valence-electron chi connectivity index (χ3n) is 4.44. The summed E-state index contributed by atoms with van der Waals surface area (Å²) in [5, 5.41) is 0. The molecular weight excluding hydrogens is 220 g/mol. The van der Waals surface area contributed by atoms with E-state index >= 15 is 0 Å². The van der Waals surface area contributed by atoms with Gasteiger partial charge in [0.05, 0.1) is 0 Å². The molecule has 1 aliphatic rings. The van der Waals surface area contributed by atoms with Crippen molar-refractivity contribution < 1.29 is 0 Å². The summed E-state index contributed by atoms with van der Waals surface area (Å²) in [6.07, 6.45) is 2.62. The van der Waals surface area contributed by atoms with Crippen LogP contribution in [0.1, 0.15) is 49.4 Å². The van der Waals surface area contributed by atoms with Crippen molar-refractivity contribution >= 4 is 0 Å². The Morgan fingerprint density at radius 2 is 1.78 bits per heavy atom. The Morgan fingerprint density at radius 3 is 2.33 bits per heavy atom. The van der Waals surface area contributed by atoms with Gasteiger partial charge in [0.2, 0.25) is 0 Å². The number of nitrogens with zero attached hydrogens (tertiary/aromatic N) is 1. The summed E-state index contributed by atoms with van der Waals surface area (Å²) in [5.41, 5.74) is 10.5. The van der Waals surface area contributed by atoms with Gasteiger partial charge in [-0.15, -0.1) is 0 Å². The molecule has 0 saturated carbocycles. The lowest BCUT2D eigenvalue weighted by Crippen LogP contribution is -2.50. The highest BCUT2D eigenvalue weighted by molar-refractivity contribution is 5.34. The largest absolute Gasteiger partial charge is 0.322 e. The third kappa shape index (κ3) is 2.45. The van der Waals surface area contributed by atoms with E-state index in [2.05, 4.69) is 50.8 Å². The van der Waals surface area contributed by atoms with Crippen molar-refractivity contribution in [3.8, 4) is 0 Å². The molecule has 1 atom stereocenters. The van der Waals surface area contributed by atoms with Crippen molar-refractivity contribution in [1.82, 2.24) is 4.90 Å². The molecule has 1 fully saturated rings. The lowest BCUT2D eigenvalue weighted by Gasteiger charge is -2.41. The molecule has 1 unspecified atom stereocenters. The first-order valence-electron chi connectivity index (χ1n) is 7.00. The molecule has 100 valence electrons. The van der Waals surface area contributed by atoms with Crippen molar-refractivity contribution in [2.75, 3.05) is 13.1 Å². The number of benzene rings is 1. The average Bonchev–Trinajstić information content (AvgIpc) is 2.82. The summed E-state index contributed by atoms with van der Waals surface area (Å²) in [7, 11) is 0. The highest BCUT2D eigenvalue weighted by Crippen LogP contribution is 2.33. The summed E-state index contributed by atoms with van der Waals surface area (Å²) < 4.78 is 0. The standard InChI is InChI=1S/C16H26N2/c1-12-7-8-14(13(2)11-12)15(17)16(3,4)18-9-5-6-10-18/h7-8,11,15H,5-6,9-10,17H2,1-4H3. The van der Waals surface area contributed by atoms with Gasteiger partial charge in [-0.05, 0) is 64.8 Å². The Kier molecular flexibility index (Phi) is 3.79. The summed E-state index contributed by atoms with van der Waals surface area (Å²) in [5.74, 6) is 0. The molecule has 2 heteroatoms. The molecule has 18 heavy (non-hydrogen) atoms. The Morgan fingerprint density at radius 1 is 1.17 bits per heavy atom. The molecule has 2 rings (SSSR count). The highest BCUT2D eigenvalue weighted by atomic mass is 15.2. The van der Waals surface area contributed by atoms with Crippen molar-refractivity contribution in [3.05, 3.63) is 34.9 Å². The first-order valence-corrected chi connectivity index (χ1v) is 7.00.